The van der Waals surface area contributed by atoms with E-state index >= 15 is 0 Å². The third-order valence-electron chi connectivity index (χ3n) is 1.38. The third-order valence-corrected chi connectivity index (χ3v) is 1.77. The van der Waals surface area contributed by atoms with Crippen molar-refractivity contribution in [2.24, 2.45) is 0 Å². The lowest BCUT2D eigenvalue weighted by atomic mass is 10.1. The van der Waals surface area contributed by atoms with Gasteiger partial charge in [-0.25, -0.2) is 4.79 Å². The summed E-state index contributed by atoms with van der Waals surface area (Å²) in [5, 5.41) is 1.41. The summed E-state index contributed by atoms with van der Waals surface area (Å²) < 4.78 is 4.05. The van der Waals surface area contributed by atoms with Crippen molar-refractivity contribution in [1.82, 2.24) is 0 Å². The molecule has 0 bridgehead atoms. The molecule has 0 N–H and O–H groups in total. The van der Waals surface area contributed by atoms with Crippen LogP contribution in [-0.4, -0.2) is 11.3 Å². The van der Waals surface area contributed by atoms with E-state index in [2.05, 4.69) is 4.29 Å². The fourth-order valence-corrected chi connectivity index (χ4v) is 1.12. The Morgan fingerprint density at radius 1 is 1.50 bits per heavy atom. The van der Waals surface area contributed by atoms with Gasteiger partial charge in [0.15, 0.2) is 0 Å². The standard InChI is InChI=1S/C8H5ClO2S/c9-11-8(10)7-4-2-1-3-6(7)5-12/h1-5H. The van der Waals surface area contributed by atoms with Crippen molar-refractivity contribution in [2.45, 2.75) is 0 Å². The summed E-state index contributed by atoms with van der Waals surface area (Å²) in [7, 11) is 0. The fourth-order valence-electron chi connectivity index (χ4n) is 0.827. The van der Waals surface area contributed by atoms with Crippen LogP contribution in [0, 0.1) is 0 Å². The highest BCUT2D eigenvalue weighted by Gasteiger charge is 2.09. The molecule has 62 valence electrons. The van der Waals surface area contributed by atoms with E-state index in [4.69, 9.17) is 24.1 Å². The van der Waals surface area contributed by atoms with Crippen LogP contribution in [0.1, 0.15) is 15.9 Å². The lowest BCUT2D eigenvalue weighted by Crippen LogP contribution is -2.01. The second kappa shape index (κ2) is 4.18. The number of hydrogen-bond donors (Lipinski definition) is 0. The summed E-state index contributed by atoms with van der Waals surface area (Å²) in [6, 6.07) is 6.81. The molecule has 0 aliphatic rings. The Kier molecular flexibility index (Phi) is 3.19. The summed E-state index contributed by atoms with van der Waals surface area (Å²) in [6.07, 6.45) is 0. The largest absolute Gasteiger partial charge is 0.356 e. The van der Waals surface area contributed by atoms with Gasteiger partial charge >= 0.3 is 5.97 Å². The average Bonchev–Trinajstić information content (AvgIpc) is 2.16. The molecule has 0 aliphatic heterocycles. The SMILES string of the molecule is O=C(OCl)c1ccccc1C=S. The quantitative estimate of drug-likeness (QED) is 0.686. The maximum Gasteiger partial charge on any atom is 0.356 e. The highest BCUT2D eigenvalue weighted by Crippen LogP contribution is 2.08. The molecule has 0 heterocycles. The van der Waals surface area contributed by atoms with E-state index in [0.717, 1.165) is 0 Å². The second-order valence-corrected chi connectivity index (χ2v) is 2.46. The molecule has 0 radical (unpaired) electrons. The Hall–Kier alpha value is -0.930. The van der Waals surface area contributed by atoms with Gasteiger partial charge in [0.25, 0.3) is 0 Å². The van der Waals surface area contributed by atoms with Gasteiger partial charge in [-0.3, -0.25) is 0 Å². The zero-order valence-corrected chi connectivity index (χ0v) is 7.56. The summed E-state index contributed by atoms with van der Waals surface area (Å²) in [5.41, 5.74) is 1.01. The maximum atomic E-state index is 11.0. The van der Waals surface area contributed by atoms with Crippen LogP contribution in [0.3, 0.4) is 0 Å². The lowest BCUT2D eigenvalue weighted by molar-refractivity contribution is 0.0751. The van der Waals surface area contributed by atoms with Crippen LogP contribution >= 0.6 is 24.1 Å². The molecular weight excluding hydrogens is 196 g/mol. The molecule has 1 aromatic rings. The minimum absolute atomic E-state index is 0.377. The zero-order chi connectivity index (χ0) is 8.97. The number of halogens is 1. The Balaban J connectivity index is 3.13. The van der Waals surface area contributed by atoms with Crippen molar-refractivity contribution < 1.29 is 9.08 Å². The fraction of sp³-hybridized carbons (Fsp3) is 0. The van der Waals surface area contributed by atoms with Crippen LogP contribution in [0.5, 0.6) is 0 Å². The normalized spacial score (nSPS) is 9.08. The van der Waals surface area contributed by atoms with Gasteiger partial charge in [-0.1, -0.05) is 30.4 Å². The highest BCUT2D eigenvalue weighted by molar-refractivity contribution is 7.79. The minimum Gasteiger partial charge on any atom is -0.343 e. The van der Waals surface area contributed by atoms with Crippen molar-refractivity contribution >= 4 is 35.4 Å². The molecule has 0 fully saturated rings. The topological polar surface area (TPSA) is 26.3 Å². The molecule has 0 saturated carbocycles. The predicted octanol–water partition coefficient (Wildman–Crippen LogP) is 2.35. The smallest absolute Gasteiger partial charge is 0.343 e. The third kappa shape index (κ3) is 1.81. The summed E-state index contributed by atoms with van der Waals surface area (Å²) >= 11 is 9.62. The van der Waals surface area contributed by atoms with Crippen LogP contribution in [0.4, 0.5) is 0 Å². The van der Waals surface area contributed by atoms with Crippen LogP contribution in [0.25, 0.3) is 0 Å². The maximum absolute atomic E-state index is 11.0. The molecule has 12 heavy (non-hydrogen) atoms. The lowest BCUT2D eigenvalue weighted by Gasteiger charge is -1.99. The first-order valence-electron chi connectivity index (χ1n) is 3.16. The van der Waals surface area contributed by atoms with E-state index in [1.54, 1.807) is 24.3 Å². The van der Waals surface area contributed by atoms with Crippen molar-refractivity contribution in [3.8, 4) is 0 Å². The molecule has 0 aliphatic carbocycles. The molecule has 1 aromatic carbocycles. The van der Waals surface area contributed by atoms with E-state index in [1.165, 1.54) is 5.37 Å². The van der Waals surface area contributed by atoms with Crippen molar-refractivity contribution in [3.63, 3.8) is 0 Å². The van der Waals surface area contributed by atoms with Crippen molar-refractivity contribution in [3.05, 3.63) is 35.4 Å². The monoisotopic (exact) mass is 200 g/mol. The molecule has 0 saturated heterocycles. The van der Waals surface area contributed by atoms with Gasteiger partial charge in [0, 0.05) is 5.37 Å². The van der Waals surface area contributed by atoms with Gasteiger partial charge in [-0.15, -0.1) is 0 Å². The van der Waals surface area contributed by atoms with Gasteiger partial charge in [0.05, 0.1) is 5.56 Å². The van der Waals surface area contributed by atoms with Crippen LogP contribution < -0.4 is 0 Å². The molecule has 0 atom stereocenters. The van der Waals surface area contributed by atoms with Crippen molar-refractivity contribution in [2.75, 3.05) is 0 Å². The van der Waals surface area contributed by atoms with E-state index < -0.39 is 5.97 Å². The van der Waals surface area contributed by atoms with Crippen LogP contribution in [0.15, 0.2) is 24.3 Å². The van der Waals surface area contributed by atoms with Gasteiger partial charge in [-0.2, -0.15) is 0 Å². The van der Waals surface area contributed by atoms with Crippen LogP contribution in [0.2, 0.25) is 0 Å². The first-order valence-corrected chi connectivity index (χ1v) is 3.94. The van der Waals surface area contributed by atoms with Gasteiger partial charge in [0.2, 0.25) is 0 Å². The van der Waals surface area contributed by atoms with E-state index in [1.807, 2.05) is 0 Å². The number of carbonyl (C=O) groups excluding carboxylic acids is 1. The van der Waals surface area contributed by atoms with Gasteiger partial charge in [-0.05, 0) is 11.6 Å². The summed E-state index contributed by atoms with van der Waals surface area (Å²) in [6.45, 7) is 0. The Morgan fingerprint density at radius 2 is 2.17 bits per heavy atom. The average molecular weight is 201 g/mol. The number of hydrogen-bond acceptors (Lipinski definition) is 3. The van der Waals surface area contributed by atoms with E-state index in [9.17, 15) is 4.79 Å². The van der Waals surface area contributed by atoms with E-state index in [0.29, 0.717) is 11.1 Å². The highest BCUT2D eigenvalue weighted by atomic mass is 35.5. The number of carbonyl (C=O) groups is 1. The van der Waals surface area contributed by atoms with E-state index in [-0.39, 0.29) is 0 Å². The van der Waals surface area contributed by atoms with Crippen molar-refractivity contribution in [1.29, 1.82) is 0 Å². The van der Waals surface area contributed by atoms with Gasteiger partial charge < -0.3 is 4.29 Å². The van der Waals surface area contributed by atoms with Crippen LogP contribution in [-0.2, 0) is 4.29 Å². The molecule has 0 unspecified atom stereocenters. The predicted molar refractivity (Wildman–Crippen MR) is 50.5 cm³/mol. The Labute approximate surface area is 80.3 Å². The Morgan fingerprint density at radius 3 is 2.75 bits per heavy atom. The first-order chi connectivity index (χ1) is 5.79. The number of thiocarbonyl (C=S) groups is 1. The second-order valence-electron chi connectivity index (χ2n) is 2.07. The Bertz CT molecular complexity index is 312. The molecule has 4 heteroatoms. The van der Waals surface area contributed by atoms with Gasteiger partial charge in [0.1, 0.15) is 11.9 Å². The molecule has 0 amide bonds. The number of rotatable bonds is 2. The first kappa shape index (κ1) is 9.16. The number of benzene rings is 1. The molecular formula is C8H5ClO2S. The molecule has 0 spiro atoms. The molecule has 1 rings (SSSR count). The summed E-state index contributed by atoms with van der Waals surface area (Å²) in [4.78, 5) is 11.0. The molecule has 2 nitrogen and oxygen atoms in total. The summed E-state index contributed by atoms with van der Waals surface area (Å²) in [5.74, 6) is -0.589. The molecule has 0 aromatic heterocycles. The minimum atomic E-state index is -0.589. The zero-order valence-electron chi connectivity index (χ0n) is 5.99.